The minimum Gasteiger partial charge on any atom is -0.367 e. The van der Waals surface area contributed by atoms with Crippen LogP contribution in [-0.2, 0) is 6.54 Å². The van der Waals surface area contributed by atoms with Crippen LogP contribution < -0.4 is 10.5 Å². The van der Waals surface area contributed by atoms with Crippen molar-refractivity contribution in [3.05, 3.63) is 70.9 Å². The number of benzene rings is 2. The van der Waals surface area contributed by atoms with Crippen LogP contribution in [0.3, 0.4) is 0 Å². The zero-order chi connectivity index (χ0) is 17.9. The molecule has 1 fully saturated rings. The molecule has 0 amide bonds. The van der Waals surface area contributed by atoms with E-state index in [2.05, 4.69) is 14.8 Å². The molecule has 2 heterocycles. The molecule has 1 aliphatic rings. The predicted molar refractivity (Wildman–Crippen MR) is 101 cm³/mol. The fourth-order valence-electron chi connectivity index (χ4n) is 3.51. The molecule has 0 spiro atoms. The average Bonchev–Trinajstić information content (AvgIpc) is 2.68. The molecule has 134 valence electrons. The van der Waals surface area contributed by atoms with E-state index in [0.717, 1.165) is 43.8 Å². The summed E-state index contributed by atoms with van der Waals surface area (Å²) in [6.07, 6.45) is 1.39. The molecular weight excluding hydrogens is 331 g/mol. The largest absolute Gasteiger partial charge is 0.367 e. The van der Waals surface area contributed by atoms with Crippen LogP contribution in [0.4, 0.5) is 10.1 Å². The summed E-state index contributed by atoms with van der Waals surface area (Å²) in [5.74, 6) is -0.171. The maximum atomic E-state index is 13.9. The number of halogens is 1. The normalized spacial score (nSPS) is 15.5. The Kier molecular flexibility index (Phi) is 4.67. The summed E-state index contributed by atoms with van der Waals surface area (Å²) in [6.45, 7) is 4.69. The molecule has 1 aromatic heterocycles. The smallest absolute Gasteiger partial charge is 0.269 e. The van der Waals surface area contributed by atoms with Crippen molar-refractivity contribution < 1.29 is 4.39 Å². The van der Waals surface area contributed by atoms with Crippen LogP contribution in [0.1, 0.15) is 0 Å². The van der Waals surface area contributed by atoms with Gasteiger partial charge in [0.1, 0.15) is 5.82 Å². The topological polar surface area (TPSA) is 41.4 Å². The van der Waals surface area contributed by atoms with E-state index < -0.39 is 0 Å². The van der Waals surface area contributed by atoms with Gasteiger partial charge >= 0.3 is 0 Å². The lowest BCUT2D eigenvalue weighted by molar-refractivity contribution is 0.247. The summed E-state index contributed by atoms with van der Waals surface area (Å²) in [7, 11) is 0. The van der Waals surface area contributed by atoms with Crippen molar-refractivity contribution in [2.75, 3.05) is 37.6 Å². The first-order chi connectivity index (χ1) is 12.7. The molecule has 2 aromatic carbocycles. The molecule has 0 bridgehead atoms. The van der Waals surface area contributed by atoms with Crippen LogP contribution in [0, 0.1) is 5.82 Å². The summed E-state index contributed by atoms with van der Waals surface area (Å²) >= 11 is 0. The molecular formula is C20H21FN4O. The lowest BCUT2D eigenvalue weighted by atomic mass is 10.2. The number of rotatable bonds is 4. The molecule has 1 saturated heterocycles. The van der Waals surface area contributed by atoms with Crippen molar-refractivity contribution in [2.24, 2.45) is 0 Å². The van der Waals surface area contributed by atoms with Gasteiger partial charge in [0.15, 0.2) is 0 Å². The second kappa shape index (κ2) is 7.25. The van der Waals surface area contributed by atoms with Crippen LogP contribution in [0.15, 0.2) is 59.5 Å². The zero-order valence-electron chi connectivity index (χ0n) is 14.5. The molecule has 4 rings (SSSR count). The molecule has 0 aliphatic carbocycles. The lowest BCUT2D eigenvalue weighted by Crippen LogP contribution is -2.47. The van der Waals surface area contributed by atoms with E-state index in [4.69, 9.17) is 0 Å². The minimum atomic E-state index is -0.171. The van der Waals surface area contributed by atoms with Crippen molar-refractivity contribution in [1.29, 1.82) is 0 Å². The number of hydrogen-bond acceptors (Lipinski definition) is 4. The van der Waals surface area contributed by atoms with Crippen LogP contribution >= 0.6 is 0 Å². The van der Waals surface area contributed by atoms with Gasteiger partial charge in [0.25, 0.3) is 5.56 Å². The first kappa shape index (κ1) is 16.7. The monoisotopic (exact) mass is 352 g/mol. The molecule has 1 aliphatic heterocycles. The highest BCUT2D eigenvalue weighted by Crippen LogP contribution is 2.20. The van der Waals surface area contributed by atoms with E-state index in [9.17, 15) is 9.18 Å². The van der Waals surface area contributed by atoms with Gasteiger partial charge in [-0.15, -0.1) is 0 Å². The fraction of sp³-hybridized carbons (Fsp3) is 0.300. The molecule has 3 aromatic rings. The van der Waals surface area contributed by atoms with Gasteiger partial charge in [-0.05, 0) is 24.3 Å². The fourth-order valence-corrected chi connectivity index (χ4v) is 3.51. The molecule has 0 unspecified atom stereocenters. The summed E-state index contributed by atoms with van der Waals surface area (Å²) < 4.78 is 15.7. The van der Waals surface area contributed by atoms with Crippen molar-refractivity contribution >= 4 is 16.7 Å². The van der Waals surface area contributed by atoms with Crippen molar-refractivity contribution in [3.8, 4) is 0 Å². The van der Waals surface area contributed by atoms with E-state index in [0.29, 0.717) is 12.2 Å². The lowest BCUT2D eigenvalue weighted by Gasteiger charge is -2.36. The van der Waals surface area contributed by atoms with Gasteiger partial charge in [-0.25, -0.2) is 9.37 Å². The van der Waals surface area contributed by atoms with Crippen LogP contribution in [0.5, 0.6) is 0 Å². The summed E-state index contributed by atoms with van der Waals surface area (Å²) in [5, 5.41) is 0. The van der Waals surface area contributed by atoms with E-state index in [1.165, 1.54) is 12.3 Å². The van der Waals surface area contributed by atoms with Crippen molar-refractivity contribution in [3.63, 3.8) is 0 Å². The number of aromatic nitrogens is 2. The van der Waals surface area contributed by atoms with Gasteiger partial charge in [0, 0.05) is 39.3 Å². The SMILES string of the molecule is O=c1cnc2ccccc2n1CCN1CCN(c2ccccc2F)CC1. The van der Waals surface area contributed by atoms with Crippen LogP contribution in [0.25, 0.3) is 11.0 Å². The third kappa shape index (κ3) is 3.32. The minimum absolute atomic E-state index is 0.0753. The number of para-hydroxylation sites is 3. The maximum absolute atomic E-state index is 13.9. The molecule has 0 saturated carbocycles. The highest BCUT2D eigenvalue weighted by Gasteiger charge is 2.19. The summed E-state index contributed by atoms with van der Waals surface area (Å²) in [5.41, 5.74) is 2.29. The number of fused-ring (bicyclic) bond motifs is 1. The van der Waals surface area contributed by atoms with Crippen molar-refractivity contribution in [1.82, 2.24) is 14.5 Å². The molecule has 0 radical (unpaired) electrons. The van der Waals surface area contributed by atoms with Crippen LogP contribution in [0.2, 0.25) is 0 Å². The second-order valence-corrected chi connectivity index (χ2v) is 6.52. The van der Waals surface area contributed by atoms with Gasteiger partial charge in [0.2, 0.25) is 0 Å². The Morgan fingerprint density at radius 1 is 0.923 bits per heavy atom. The number of anilines is 1. The third-order valence-corrected chi connectivity index (χ3v) is 4.96. The Hall–Kier alpha value is -2.73. The Morgan fingerprint density at radius 2 is 1.65 bits per heavy atom. The molecule has 0 N–H and O–H groups in total. The van der Waals surface area contributed by atoms with E-state index in [1.807, 2.05) is 36.4 Å². The van der Waals surface area contributed by atoms with Crippen molar-refractivity contribution in [2.45, 2.75) is 6.54 Å². The Bertz CT molecular complexity index is 963. The summed E-state index contributed by atoms with van der Waals surface area (Å²) in [6, 6.07) is 14.6. The van der Waals surface area contributed by atoms with Gasteiger partial charge in [-0.3, -0.25) is 9.69 Å². The molecule has 26 heavy (non-hydrogen) atoms. The van der Waals surface area contributed by atoms with E-state index in [1.54, 1.807) is 10.6 Å². The third-order valence-electron chi connectivity index (χ3n) is 4.96. The first-order valence-corrected chi connectivity index (χ1v) is 8.89. The second-order valence-electron chi connectivity index (χ2n) is 6.52. The highest BCUT2D eigenvalue weighted by atomic mass is 19.1. The quantitative estimate of drug-likeness (QED) is 0.723. The average molecular weight is 352 g/mol. The maximum Gasteiger partial charge on any atom is 0.269 e. The van der Waals surface area contributed by atoms with Gasteiger partial charge in [-0.1, -0.05) is 24.3 Å². The van der Waals surface area contributed by atoms with Crippen LogP contribution in [-0.4, -0.2) is 47.2 Å². The first-order valence-electron chi connectivity index (χ1n) is 8.89. The Morgan fingerprint density at radius 3 is 2.46 bits per heavy atom. The standard InChI is InChI=1S/C20H21FN4O/c21-16-5-1-3-7-18(16)24-12-9-23(10-13-24)11-14-25-19-8-4-2-6-17(19)22-15-20(25)26/h1-8,15H,9-14H2. The van der Waals surface area contributed by atoms with Gasteiger partial charge in [-0.2, -0.15) is 0 Å². The van der Waals surface area contributed by atoms with E-state index in [-0.39, 0.29) is 11.4 Å². The van der Waals surface area contributed by atoms with E-state index >= 15 is 0 Å². The summed E-state index contributed by atoms with van der Waals surface area (Å²) in [4.78, 5) is 20.8. The number of nitrogens with zero attached hydrogens (tertiary/aromatic N) is 4. The number of hydrogen-bond donors (Lipinski definition) is 0. The Labute approximate surface area is 151 Å². The predicted octanol–water partition coefficient (Wildman–Crippen LogP) is 2.36. The molecule has 6 heteroatoms. The van der Waals surface area contributed by atoms with Gasteiger partial charge in [0.05, 0.1) is 22.9 Å². The molecule has 5 nitrogen and oxygen atoms in total. The highest BCUT2D eigenvalue weighted by molar-refractivity contribution is 5.74. The van der Waals surface area contributed by atoms with Gasteiger partial charge < -0.3 is 9.47 Å². The Balaban J connectivity index is 1.41. The molecule has 0 atom stereocenters. The number of piperazine rings is 1. The zero-order valence-corrected chi connectivity index (χ0v) is 14.5.